The smallest absolute Gasteiger partial charge is 0.240 e. The van der Waals surface area contributed by atoms with Crippen LogP contribution in [-0.4, -0.2) is 19.0 Å². The van der Waals surface area contributed by atoms with Gasteiger partial charge in [0.15, 0.2) is 0 Å². The molecule has 1 aliphatic carbocycles. The van der Waals surface area contributed by atoms with Crippen LogP contribution in [-0.2, 0) is 16.6 Å². The molecule has 1 N–H and O–H groups in total. The highest BCUT2D eigenvalue weighted by Gasteiger charge is 2.32. The monoisotopic (exact) mass is 516 g/mol. The quantitative estimate of drug-likeness (QED) is 0.218. The van der Waals surface area contributed by atoms with Crippen LogP contribution in [0.5, 0.6) is 0 Å². The average molecular weight is 517 g/mol. The maximum Gasteiger partial charge on any atom is 0.240 e. The number of rotatable bonds is 10. The van der Waals surface area contributed by atoms with E-state index in [4.69, 9.17) is 0 Å². The molecular weight excluding hydrogens is 476 g/mol. The van der Waals surface area contributed by atoms with E-state index in [0.717, 1.165) is 44.2 Å². The third kappa shape index (κ3) is 5.78. The normalized spacial score (nSPS) is 16.8. The van der Waals surface area contributed by atoms with Crippen LogP contribution in [0.3, 0.4) is 0 Å². The SMILES string of the molecule is Cc1ccc(S(=O)(=O)NC(C(C)CCCCn2c3ccccc3c3ccccc32)C2CCCCC2)cc1. The lowest BCUT2D eigenvalue weighted by atomic mass is 9.78. The molecule has 1 heterocycles. The predicted molar refractivity (Wildman–Crippen MR) is 154 cm³/mol. The van der Waals surface area contributed by atoms with Gasteiger partial charge in [-0.3, -0.25) is 0 Å². The Bertz CT molecular complexity index is 1380. The third-order valence-corrected chi connectivity index (χ3v) is 9.84. The summed E-state index contributed by atoms with van der Waals surface area (Å²) in [6.45, 7) is 5.21. The number of unbranched alkanes of at least 4 members (excludes halogenated alkanes) is 1. The molecule has 3 aromatic carbocycles. The molecule has 0 aliphatic heterocycles. The van der Waals surface area contributed by atoms with Crippen molar-refractivity contribution in [3.05, 3.63) is 78.4 Å². The Morgan fingerprint density at radius 3 is 2.05 bits per heavy atom. The summed E-state index contributed by atoms with van der Waals surface area (Å²) in [5.41, 5.74) is 3.66. The fourth-order valence-corrected chi connectivity index (χ4v) is 7.71. The first kappa shape index (κ1) is 26.0. The van der Waals surface area contributed by atoms with E-state index in [9.17, 15) is 8.42 Å². The molecule has 196 valence electrons. The van der Waals surface area contributed by atoms with Gasteiger partial charge in [0.2, 0.25) is 10.0 Å². The second kappa shape index (κ2) is 11.4. The van der Waals surface area contributed by atoms with Crippen LogP contribution in [0.25, 0.3) is 21.8 Å². The molecule has 1 saturated carbocycles. The van der Waals surface area contributed by atoms with Crippen molar-refractivity contribution >= 4 is 31.8 Å². The Balaban J connectivity index is 1.27. The number of aryl methyl sites for hydroxylation is 2. The zero-order valence-corrected chi connectivity index (χ0v) is 23.0. The largest absolute Gasteiger partial charge is 0.340 e. The topological polar surface area (TPSA) is 51.1 Å². The highest BCUT2D eigenvalue weighted by molar-refractivity contribution is 7.89. The molecule has 5 rings (SSSR count). The Hall–Kier alpha value is -2.63. The zero-order chi connectivity index (χ0) is 25.8. The Kier molecular flexibility index (Phi) is 8.01. The molecule has 1 fully saturated rings. The molecule has 0 radical (unpaired) electrons. The minimum Gasteiger partial charge on any atom is -0.340 e. The van der Waals surface area contributed by atoms with Crippen LogP contribution in [0, 0.1) is 18.8 Å². The summed E-state index contributed by atoms with van der Waals surface area (Å²) in [6.07, 6.45) is 9.09. The van der Waals surface area contributed by atoms with Crippen LogP contribution in [0.1, 0.15) is 63.9 Å². The second-order valence-electron chi connectivity index (χ2n) is 11.0. The van der Waals surface area contributed by atoms with Gasteiger partial charge in [-0.05, 0) is 68.7 Å². The van der Waals surface area contributed by atoms with E-state index in [-0.39, 0.29) is 6.04 Å². The van der Waals surface area contributed by atoms with E-state index in [1.54, 1.807) is 12.1 Å². The molecule has 2 unspecified atom stereocenters. The Labute approximate surface area is 222 Å². The van der Waals surface area contributed by atoms with Gasteiger partial charge in [-0.1, -0.05) is 86.7 Å². The Morgan fingerprint density at radius 2 is 1.43 bits per heavy atom. The van der Waals surface area contributed by atoms with Gasteiger partial charge in [0.05, 0.1) is 4.90 Å². The molecule has 1 aliphatic rings. The molecule has 1 aromatic heterocycles. The molecule has 4 nitrogen and oxygen atoms in total. The highest BCUT2D eigenvalue weighted by atomic mass is 32.2. The second-order valence-corrected chi connectivity index (χ2v) is 12.7. The highest BCUT2D eigenvalue weighted by Crippen LogP contribution is 2.33. The van der Waals surface area contributed by atoms with Gasteiger partial charge in [-0.2, -0.15) is 0 Å². The first-order valence-corrected chi connectivity index (χ1v) is 15.5. The molecule has 37 heavy (non-hydrogen) atoms. The lowest BCUT2D eigenvalue weighted by Crippen LogP contribution is -2.45. The minimum absolute atomic E-state index is 0.0140. The van der Waals surface area contributed by atoms with Crippen molar-refractivity contribution in [2.75, 3.05) is 0 Å². The lowest BCUT2D eigenvalue weighted by Gasteiger charge is -2.35. The third-order valence-electron chi connectivity index (χ3n) is 8.36. The molecular formula is C32H40N2O2S. The van der Waals surface area contributed by atoms with Crippen molar-refractivity contribution in [2.24, 2.45) is 11.8 Å². The first-order valence-electron chi connectivity index (χ1n) is 14.0. The number of hydrogen-bond donors (Lipinski definition) is 1. The maximum atomic E-state index is 13.3. The van der Waals surface area contributed by atoms with Crippen molar-refractivity contribution in [1.29, 1.82) is 0 Å². The number of sulfonamides is 1. The van der Waals surface area contributed by atoms with Crippen molar-refractivity contribution in [1.82, 2.24) is 9.29 Å². The fraction of sp³-hybridized carbons (Fsp3) is 0.438. The zero-order valence-electron chi connectivity index (χ0n) is 22.2. The predicted octanol–water partition coefficient (Wildman–Crippen LogP) is 7.84. The molecule has 0 amide bonds. The molecule has 5 heteroatoms. The number of nitrogens with one attached hydrogen (secondary N) is 1. The van der Waals surface area contributed by atoms with Crippen molar-refractivity contribution < 1.29 is 8.42 Å². The fourth-order valence-electron chi connectivity index (χ4n) is 6.29. The number of fused-ring (bicyclic) bond motifs is 3. The van der Waals surface area contributed by atoms with E-state index in [2.05, 4.69) is 64.7 Å². The molecule has 0 spiro atoms. The van der Waals surface area contributed by atoms with E-state index in [1.807, 2.05) is 19.1 Å². The molecule has 2 atom stereocenters. The van der Waals surface area contributed by atoms with Crippen LogP contribution < -0.4 is 4.72 Å². The van der Waals surface area contributed by atoms with Gasteiger partial charge in [0.1, 0.15) is 0 Å². The summed E-state index contributed by atoms with van der Waals surface area (Å²) >= 11 is 0. The van der Waals surface area contributed by atoms with E-state index in [0.29, 0.717) is 16.7 Å². The lowest BCUT2D eigenvalue weighted by molar-refractivity contribution is 0.227. The van der Waals surface area contributed by atoms with Gasteiger partial charge in [-0.15, -0.1) is 0 Å². The summed E-state index contributed by atoms with van der Waals surface area (Å²) in [5, 5.41) is 2.63. The molecule has 0 saturated heterocycles. The van der Waals surface area contributed by atoms with Gasteiger partial charge >= 0.3 is 0 Å². The number of aromatic nitrogens is 1. The standard InChI is InChI=1S/C32H40N2O2S/c1-24-19-21-27(22-20-24)37(35,36)33-32(26-13-4-3-5-14-26)25(2)12-10-11-23-34-30-17-8-6-15-28(30)29-16-7-9-18-31(29)34/h6-9,15-22,25-26,32-33H,3-5,10-14,23H2,1-2H3. The van der Waals surface area contributed by atoms with Crippen LogP contribution in [0.4, 0.5) is 0 Å². The minimum atomic E-state index is -3.54. The van der Waals surface area contributed by atoms with Crippen molar-refractivity contribution in [3.8, 4) is 0 Å². The van der Waals surface area contributed by atoms with Crippen LogP contribution in [0.2, 0.25) is 0 Å². The van der Waals surface area contributed by atoms with Crippen LogP contribution in [0.15, 0.2) is 77.7 Å². The Morgan fingerprint density at radius 1 is 0.838 bits per heavy atom. The van der Waals surface area contributed by atoms with E-state index in [1.165, 1.54) is 41.1 Å². The van der Waals surface area contributed by atoms with Crippen molar-refractivity contribution in [2.45, 2.75) is 82.7 Å². The average Bonchev–Trinajstić information content (AvgIpc) is 3.24. The number of nitrogens with zero attached hydrogens (tertiary/aromatic N) is 1. The van der Waals surface area contributed by atoms with Gasteiger partial charge in [0, 0.05) is 34.4 Å². The summed E-state index contributed by atoms with van der Waals surface area (Å²) in [7, 11) is -3.54. The van der Waals surface area contributed by atoms with Crippen LogP contribution >= 0.6 is 0 Å². The number of hydrogen-bond acceptors (Lipinski definition) is 2. The van der Waals surface area contributed by atoms with E-state index < -0.39 is 10.0 Å². The summed E-state index contributed by atoms with van der Waals surface area (Å²) < 4.78 is 32.3. The summed E-state index contributed by atoms with van der Waals surface area (Å²) in [5.74, 6) is 0.711. The molecule has 4 aromatic rings. The number of para-hydroxylation sites is 2. The maximum absolute atomic E-state index is 13.3. The molecule has 0 bridgehead atoms. The summed E-state index contributed by atoms with van der Waals surface area (Å²) in [6, 6.07) is 24.5. The first-order chi connectivity index (χ1) is 17.9. The van der Waals surface area contributed by atoms with Gasteiger partial charge in [-0.25, -0.2) is 13.1 Å². The number of benzene rings is 3. The van der Waals surface area contributed by atoms with Crippen molar-refractivity contribution in [3.63, 3.8) is 0 Å². The van der Waals surface area contributed by atoms with Gasteiger partial charge in [0.25, 0.3) is 0 Å². The summed E-state index contributed by atoms with van der Waals surface area (Å²) in [4.78, 5) is 0.373. The van der Waals surface area contributed by atoms with E-state index >= 15 is 0 Å². The van der Waals surface area contributed by atoms with Gasteiger partial charge < -0.3 is 4.57 Å².